The van der Waals surface area contributed by atoms with Crippen LogP contribution in [0.15, 0.2) is 71.5 Å². The summed E-state index contributed by atoms with van der Waals surface area (Å²) in [5.41, 5.74) is 1.62. The number of aromatic nitrogens is 1. The molecule has 1 heterocycles. The van der Waals surface area contributed by atoms with Crippen molar-refractivity contribution < 1.29 is 9.59 Å². The molecule has 124 valence electrons. The number of benzene rings is 2. The van der Waals surface area contributed by atoms with Crippen LogP contribution in [0.25, 0.3) is 0 Å². The maximum absolute atomic E-state index is 12.8. The molecule has 0 bridgehead atoms. The first-order valence-corrected chi connectivity index (χ1v) is 8.53. The van der Waals surface area contributed by atoms with Crippen LogP contribution in [0, 0.1) is 0 Å². The monoisotopic (exact) mass is 414 g/mol. The number of ketones is 1. The highest BCUT2D eigenvalue weighted by molar-refractivity contribution is 9.10. The van der Waals surface area contributed by atoms with Crippen molar-refractivity contribution in [3.8, 4) is 0 Å². The van der Waals surface area contributed by atoms with Gasteiger partial charge in [-0.25, -0.2) is 0 Å². The molecule has 3 aromatic rings. The molecule has 0 fully saturated rings. The molecule has 0 radical (unpaired) electrons. The predicted octanol–water partition coefficient (Wildman–Crippen LogP) is 4.98. The van der Waals surface area contributed by atoms with Gasteiger partial charge in [-0.1, -0.05) is 41.9 Å². The van der Waals surface area contributed by atoms with Gasteiger partial charge in [-0.3, -0.25) is 14.6 Å². The minimum atomic E-state index is -0.363. The normalized spacial score (nSPS) is 10.3. The van der Waals surface area contributed by atoms with Crippen LogP contribution < -0.4 is 5.32 Å². The van der Waals surface area contributed by atoms with Crippen molar-refractivity contribution in [3.63, 3.8) is 0 Å². The molecule has 1 aromatic heterocycles. The molecule has 1 N–H and O–H groups in total. The highest BCUT2D eigenvalue weighted by atomic mass is 79.9. The number of anilines is 1. The van der Waals surface area contributed by atoms with Gasteiger partial charge in [-0.15, -0.1) is 0 Å². The second kappa shape index (κ2) is 7.59. The third-order valence-electron chi connectivity index (χ3n) is 3.48. The lowest BCUT2D eigenvalue weighted by atomic mass is 10.0. The van der Waals surface area contributed by atoms with E-state index in [1.54, 1.807) is 54.7 Å². The molecule has 0 aliphatic rings. The zero-order valence-corrected chi connectivity index (χ0v) is 15.2. The van der Waals surface area contributed by atoms with Crippen LogP contribution in [0.2, 0.25) is 5.02 Å². The maximum Gasteiger partial charge on any atom is 0.257 e. The summed E-state index contributed by atoms with van der Waals surface area (Å²) in [6.07, 6.45) is 3.04. The van der Waals surface area contributed by atoms with Gasteiger partial charge in [-0.2, -0.15) is 0 Å². The zero-order valence-electron chi connectivity index (χ0n) is 12.9. The van der Waals surface area contributed by atoms with Crippen molar-refractivity contribution in [2.75, 3.05) is 5.32 Å². The van der Waals surface area contributed by atoms with Crippen LogP contribution in [0.3, 0.4) is 0 Å². The maximum atomic E-state index is 12.8. The van der Waals surface area contributed by atoms with Gasteiger partial charge in [0.05, 0.1) is 11.3 Å². The van der Waals surface area contributed by atoms with E-state index in [2.05, 4.69) is 26.2 Å². The Hall–Kier alpha value is -2.50. The molecule has 0 saturated carbocycles. The average Bonchev–Trinajstić information content (AvgIpc) is 2.63. The molecule has 0 atom stereocenters. The van der Waals surface area contributed by atoms with E-state index in [4.69, 9.17) is 11.6 Å². The van der Waals surface area contributed by atoms with Gasteiger partial charge in [0.25, 0.3) is 5.91 Å². The topological polar surface area (TPSA) is 59.1 Å². The number of rotatable bonds is 4. The lowest BCUT2D eigenvalue weighted by Crippen LogP contribution is -2.15. The Morgan fingerprint density at radius 2 is 1.72 bits per heavy atom. The molecule has 2 aromatic carbocycles. The van der Waals surface area contributed by atoms with Crippen molar-refractivity contribution in [3.05, 3.63) is 93.2 Å². The van der Waals surface area contributed by atoms with Gasteiger partial charge in [0.15, 0.2) is 5.78 Å². The van der Waals surface area contributed by atoms with Crippen LogP contribution in [-0.4, -0.2) is 16.7 Å². The summed E-state index contributed by atoms with van der Waals surface area (Å²) in [6.45, 7) is 0. The number of pyridine rings is 1. The molecule has 3 rings (SSSR count). The van der Waals surface area contributed by atoms with E-state index in [1.807, 2.05) is 6.07 Å². The fourth-order valence-corrected chi connectivity index (χ4v) is 2.83. The number of halogens is 2. The van der Waals surface area contributed by atoms with Gasteiger partial charge in [0.1, 0.15) is 0 Å². The minimum absolute atomic E-state index is 0.217. The highest BCUT2D eigenvalue weighted by Crippen LogP contribution is 2.24. The number of hydrogen-bond acceptors (Lipinski definition) is 3. The Labute approximate surface area is 158 Å². The molecule has 0 aliphatic carbocycles. The van der Waals surface area contributed by atoms with Gasteiger partial charge in [0.2, 0.25) is 0 Å². The van der Waals surface area contributed by atoms with E-state index in [0.29, 0.717) is 31.9 Å². The van der Waals surface area contributed by atoms with Gasteiger partial charge < -0.3 is 5.32 Å². The third kappa shape index (κ3) is 4.13. The molecule has 0 aliphatic heterocycles. The van der Waals surface area contributed by atoms with E-state index < -0.39 is 0 Å². The van der Waals surface area contributed by atoms with E-state index in [-0.39, 0.29) is 11.7 Å². The summed E-state index contributed by atoms with van der Waals surface area (Å²) in [6, 6.07) is 15.3. The lowest BCUT2D eigenvalue weighted by Gasteiger charge is -2.11. The Kier molecular flexibility index (Phi) is 5.26. The molecule has 0 spiro atoms. The lowest BCUT2D eigenvalue weighted by molar-refractivity contribution is 0.102. The smallest absolute Gasteiger partial charge is 0.257 e. The van der Waals surface area contributed by atoms with Crippen molar-refractivity contribution in [1.82, 2.24) is 4.98 Å². The van der Waals surface area contributed by atoms with E-state index >= 15 is 0 Å². The summed E-state index contributed by atoms with van der Waals surface area (Å²) in [4.78, 5) is 29.2. The minimum Gasteiger partial charge on any atom is -0.321 e. The van der Waals surface area contributed by atoms with Crippen LogP contribution >= 0.6 is 27.5 Å². The Bertz CT molecular complexity index is 945. The third-order valence-corrected chi connectivity index (χ3v) is 4.15. The summed E-state index contributed by atoms with van der Waals surface area (Å²) in [5.74, 6) is -0.580. The second-order valence-corrected chi connectivity index (χ2v) is 6.58. The summed E-state index contributed by atoms with van der Waals surface area (Å²) in [5, 5.41) is 3.17. The van der Waals surface area contributed by atoms with Crippen LogP contribution in [-0.2, 0) is 0 Å². The fraction of sp³-hybridized carbons (Fsp3) is 0. The first-order chi connectivity index (χ1) is 12.0. The molecule has 0 saturated heterocycles. The van der Waals surface area contributed by atoms with E-state index in [1.165, 1.54) is 6.20 Å². The SMILES string of the molecule is O=C(Nc1ccc(Cl)cc1C(=O)c1ccccc1)c1cncc(Br)c1. The Morgan fingerprint density at radius 1 is 0.960 bits per heavy atom. The fourth-order valence-electron chi connectivity index (χ4n) is 2.29. The van der Waals surface area contributed by atoms with Crippen LogP contribution in [0.1, 0.15) is 26.3 Å². The molecular weight excluding hydrogens is 404 g/mol. The Balaban J connectivity index is 1.94. The van der Waals surface area contributed by atoms with Gasteiger partial charge in [0, 0.05) is 33.0 Å². The second-order valence-electron chi connectivity index (χ2n) is 5.23. The van der Waals surface area contributed by atoms with Crippen LogP contribution in [0.4, 0.5) is 5.69 Å². The molecule has 6 heteroatoms. The first kappa shape index (κ1) is 17.3. The zero-order chi connectivity index (χ0) is 17.8. The Morgan fingerprint density at radius 3 is 2.44 bits per heavy atom. The van der Waals surface area contributed by atoms with E-state index in [9.17, 15) is 9.59 Å². The number of nitrogens with zero attached hydrogens (tertiary/aromatic N) is 1. The number of hydrogen-bond donors (Lipinski definition) is 1. The first-order valence-electron chi connectivity index (χ1n) is 7.36. The quantitative estimate of drug-likeness (QED) is 0.611. The van der Waals surface area contributed by atoms with Gasteiger partial charge >= 0.3 is 0 Å². The molecule has 4 nitrogen and oxygen atoms in total. The standard InChI is InChI=1S/C19H12BrClN2O2/c20-14-8-13(10-22-11-14)19(25)23-17-7-6-15(21)9-16(17)18(24)12-4-2-1-3-5-12/h1-11H,(H,23,25). The molecule has 0 unspecified atom stereocenters. The number of carbonyl (C=O) groups is 2. The van der Waals surface area contributed by atoms with Crippen molar-refractivity contribution in [1.29, 1.82) is 0 Å². The average molecular weight is 416 g/mol. The predicted molar refractivity (Wildman–Crippen MR) is 101 cm³/mol. The van der Waals surface area contributed by atoms with Gasteiger partial charge in [-0.05, 0) is 40.2 Å². The summed E-state index contributed by atoms with van der Waals surface area (Å²) < 4.78 is 0.692. The van der Waals surface area contributed by atoms with Crippen molar-refractivity contribution in [2.24, 2.45) is 0 Å². The number of amides is 1. The van der Waals surface area contributed by atoms with Crippen molar-refractivity contribution in [2.45, 2.75) is 0 Å². The molecule has 1 amide bonds. The number of nitrogens with one attached hydrogen (secondary N) is 1. The number of carbonyl (C=O) groups excluding carboxylic acids is 2. The molecular formula is C19H12BrClN2O2. The van der Waals surface area contributed by atoms with Crippen LogP contribution in [0.5, 0.6) is 0 Å². The van der Waals surface area contributed by atoms with E-state index in [0.717, 1.165) is 0 Å². The molecule has 25 heavy (non-hydrogen) atoms. The van der Waals surface area contributed by atoms with Crippen molar-refractivity contribution >= 4 is 44.9 Å². The largest absolute Gasteiger partial charge is 0.321 e. The summed E-state index contributed by atoms with van der Waals surface area (Å²) in [7, 11) is 0. The highest BCUT2D eigenvalue weighted by Gasteiger charge is 2.17. The summed E-state index contributed by atoms with van der Waals surface area (Å²) >= 11 is 9.32.